The highest BCUT2D eigenvalue weighted by atomic mass is 15.3. The van der Waals surface area contributed by atoms with Crippen LogP contribution in [0.25, 0.3) is 0 Å². The van der Waals surface area contributed by atoms with Crippen LogP contribution in [0.15, 0.2) is 0 Å². The zero-order valence-electron chi connectivity index (χ0n) is 13.2. The van der Waals surface area contributed by atoms with Crippen LogP contribution < -0.4 is 5.32 Å². The van der Waals surface area contributed by atoms with E-state index < -0.39 is 0 Å². The van der Waals surface area contributed by atoms with Gasteiger partial charge in [0.05, 0.1) is 5.69 Å². The predicted octanol–water partition coefficient (Wildman–Crippen LogP) is 1.86. The van der Waals surface area contributed by atoms with Crippen molar-refractivity contribution in [3.05, 3.63) is 17.0 Å². The van der Waals surface area contributed by atoms with Gasteiger partial charge in [-0.15, -0.1) is 0 Å². The first-order valence-corrected chi connectivity index (χ1v) is 7.32. The van der Waals surface area contributed by atoms with Crippen molar-refractivity contribution in [2.24, 2.45) is 13.0 Å². The first-order chi connectivity index (χ1) is 8.90. The number of piperidine rings is 1. The van der Waals surface area contributed by atoms with Crippen LogP contribution in [-0.4, -0.2) is 40.4 Å². The van der Waals surface area contributed by atoms with E-state index in [2.05, 4.69) is 50.1 Å². The number of nitrogens with zero attached hydrogens (tertiary/aromatic N) is 3. The number of aromatic nitrogens is 2. The van der Waals surface area contributed by atoms with Crippen molar-refractivity contribution in [2.45, 2.75) is 52.7 Å². The molecule has 1 saturated heterocycles. The molecule has 0 aliphatic carbocycles. The number of aryl methyl sites for hydroxylation is 2. The van der Waals surface area contributed by atoms with E-state index in [0.29, 0.717) is 18.0 Å². The maximum atomic E-state index is 4.49. The largest absolute Gasteiger partial charge is 0.309 e. The normalized spacial score (nSPS) is 28.8. The molecular weight excluding hydrogens is 236 g/mol. The van der Waals surface area contributed by atoms with Crippen LogP contribution in [0.5, 0.6) is 0 Å². The summed E-state index contributed by atoms with van der Waals surface area (Å²) >= 11 is 0. The van der Waals surface area contributed by atoms with Crippen molar-refractivity contribution >= 4 is 0 Å². The second-order valence-corrected chi connectivity index (χ2v) is 6.26. The zero-order chi connectivity index (χ0) is 14.2. The second-order valence-electron chi connectivity index (χ2n) is 6.26. The summed E-state index contributed by atoms with van der Waals surface area (Å²) in [6.07, 6.45) is 1.23. The van der Waals surface area contributed by atoms with E-state index in [0.717, 1.165) is 12.2 Å². The van der Waals surface area contributed by atoms with Gasteiger partial charge in [0.1, 0.15) is 0 Å². The van der Waals surface area contributed by atoms with Crippen molar-refractivity contribution in [3.8, 4) is 0 Å². The lowest BCUT2D eigenvalue weighted by atomic mass is 9.89. The first-order valence-electron chi connectivity index (χ1n) is 7.32. The molecule has 19 heavy (non-hydrogen) atoms. The molecule has 0 spiro atoms. The van der Waals surface area contributed by atoms with Crippen molar-refractivity contribution in [3.63, 3.8) is 0 Å². The lowest BCUT2D eigenvalue weighted by Gasteiger charge is -2.40. The second kappa shape index (κ2) is 5.63. The predicted molar refractivity (Wildman–Crippen MR) is 79.2 cm³/mol. The summed E-state index contributed by atoms with van der Waals surface area (Å²) < 4.78 is 1.98. The summed E-state index contributed by atoms with van der Waals surface area (Å²) in [7, 11) is 4.25. The van der Waals surface area contributed by atoms with Crippen molar-refractivity contribution in [2.75, 3.05) is 13.6 Å². The molecule has 1 aromatic heterocycles. The molecule has 0 aromatic carbocycles. The molecule has 4 nitrogen and oxygen atoms in total. The fourth-order valence-corrected chi connectivity index (χ4v) is 3.13. The van der Waals surface area contributed by atoms with Gasteiger partial charge in [-0.2, -0.15) is 5.10 Å². The molecule has 0 radical (unpaired) electrons. The third-order valence-electron chi connectivity index (χ3n) is 4.81. The van der Waals surface area contributed by atoms with Gasteiger partial charge in [0.25, 0.3) is 0 Å². The van der Waals surface area contributed by atoms with Gasteiger partial charge in [0.15, 0.2) is 0 Å². The van der Waals surface area contributed by atoms with E-state index >= 15 is 0 Å². The van der Waals surface area contributed by atoms with Gasteiger partial charge in [0.2, 0.25) is 0 Å². The number of hydrogen-bond acceptors (Lipinski definition) is 3. The fraction of sp³-hybridized carbons (Fsp3) is 0.800. The van der Waals surface area contributed by atoms with Crippen LogP contribution in [0, 0.1) is 19.8 Å². The molecule has 108 valence electrons. The van der Waals surface area contributed by atoms with E-state index in [1.807, 2.05) is 11.7 Å². The maximum absolute atomic E-state index is 4.49. The first kappa shape index (κ1) is 14.5. The Hall–Kier alpha value is -0.870. The Kier molecular flexibility index (Phi) is 4.31. The molecule has 3 unspecified atom stereocenters. The highest BCUT2D eigenvalue weighted by molar-refractivity contribution is 5.24. The van der Waals surface area contributed by atoms with E-state index in [1.165, 1.54) is 24.2 Å². The highest BCUT2D eigenvalue weighted by Crippen LogP contribution is 2.21. The van der Waals surface area contributed by atoms with Crippen LogP contribution >= 0.6 is 0 Å². The SMILES string of the molecule is Cc1nn(C)c(C)c1CNC1CC(C)N(C)CC1C. The number of rotatable bonds is 3. The van der Waals surface area contributed by atoms with Gasteiger partial charge in [-0.05, 0) is 40.2 Å². The van der Waals surface area contributed by atoms with Crippen molar-refractivity contribution < 1.29 is 0 Å². The summed E-state index contributed by atoms with van der Waals surface area (Å²) in [5.41, 5.74) is 3.79. The van der Waals surface area contributed by atoms with Crippen molar-refractivity contribution in [1.82, 2.24) is 20.0 Å². The standard InChI is InChI=1S/C15H28N4/c1-10-9-18(5)11(2)7-15(10)16-8-14-12(3)17-19(6)13(14)4/h10-11,15-16H,7-9H2,1-6H3. The Labute approximate surface area is 117 Å². The molecule has 2 heterocycles. The summed E-state index contributed by atoms with van der Waals surface area (Å²) in [4.78, 5) is 2.46. The van der Waals surface area contributed by atoms with Gasteiger partial charge in [-0.1, -0.05) is 6.92 Å². The van der Waals surface area contributed by atoms with Gasteiger partial charge < -0.3 is 10.2 Å². The average Bonchev–Trinajstić information content (AvgIpc) is 2.57. The quantitative estimate of drug-likeness (QED) is 0.904. The molecule has 1 aliphatic heterocycles. The molecule has 4 heteroatoms. The minimum absolute atomic E-state index is 0.616. The Morgan fingerprint density at radius 3 is 2.53 bits per heavy atom. The summed E-state index contributed by atoms with van der Waals surface area (Å²) in [5.74, 6) is 0.707. The number of hydrogen-bond donors (Lipinski definition) is 1. The maximum Gasteiger partial charge on any atom is 0.0641 e. The zero-order valence-corrected chi connectivity index (χ0v) is 13.2. The minimum atomic E-state index is 0.616. The number of nitrogens with one attached hydrogen (secondary N) is 1. The Balaban J connectivity index is 1.98. The molecule has 2 rings (SSSR count). The summed E-state index contributed by atoms with van der Waals surface area (Å²) in [6.45, 7) is 11.0. The Morgan fingerprint density at radius 2 is 1.95 bits per heavy atom. The molecule has 1 N–H and O–H groups in total. The molecule has 3 atom stereocenters. The van der Waals surface area contributed by atoms with Gasteiger partial charge in [-0.25, -0.2) is 0 Å². The summed E-state index contributed by atoms with van der Waals surface area (Å²) in [6, 6.07) is 1.29. The summed E-state index contributed by atoms with van der Waals surface area (Å²) in [5, 5.41) is 8.24. The molecule has 0 saturated carbocycles. The molecule has 1 aliphatic rings. The molecular formula is C15H28N4. The average molecular weight is 264 g/mol. The molecule has 1 aromatic rings. The number of likely N-dealkylation sites (tertiary alicyclic amines) is 1. The van der Waals surface area contributed by atoms with Crippen LogP contribution in [0.4, 0.5) is 0 Å². The fourth-order valence-electron chi connectivity index (χ4n) is 3.13. The van der Waals surface area contributed by atoms with Gasteiger partial charge >= 0.3 is 0 Å². The van der Waals surface area contributed by atoms with Crippen molar-refractivity contribution in [1.29, 1.82) is 0 Å². The molecule has 1 fully saturated rings. The Morgan fingerprint density at radius 1 is 1.26 bits per heavy atom. The van der Waals surface area contributed by atoms with Crippen LogP contribution in [-0.2, 0) is 13.6 Å². The van der Waals surface area contributed by atoms with Crippen LogP contribution in [0.2, 0.25) is 0 Å². The Bertz CT molecular complexity index is 438. The smallest absolute Gasteiger partial charge is 0.0641 e. The van der Waals surface area contributed by atoms with E-state index in [9.17, 15) is 0 Å². The van der Waals surface area contributed by atoms with Crippen LogP contribution in [0.3, 0.4) is 0 Å². The third kappa shape index (κ3) is 3.00. The highest BCUT2D eigenvalue weighted by Gasteiger charge is 2.28. The van der Waals surface area contributed by atoms with Gasteiger partial charge in [-0.3, -0.25) is 4.68 Å². The van der Waals surface area contributed by atoms with Crippen LogP contribution in [0.1, 0.15) is 37.2 Å². The lowest BCUT2D eigenvalue weighted by Crippen LogP contribution is -2.50. The van der Waals surface area contributed by atoms with E-state index in [1.54, 1.807) is 0 Å². The molecule has 0 amide bonds. The minimum Gasteiger partial charge on any atom is -0.309 e. The molecule has 0 bridgehead atoms. The third-order valence-corrected chi connectivity index (χ3v) is 4.81. The topological polar surface area (TPSA) is 33.1 Å². The monoisotopic (exact) mass is 264 g/mol. The van der Waals surface area contributed by atoms with E-state index in [4.69, 9.17) is 0 Å². The lowest BCUT2D eigenvalue weighted by molar-refractivity contribution is 0.121. The van der Waals surface area contributed by atoms with Gasteiger partial charge in [0, 0.05) is 43.5 Å². The van der Waals surface area contributed by atoms with E-state index in [-0.39, 0.29) is 0 Å².